The number of amides is 1. The first-order valence-electron chi connectivity index (χ1n) is 8.47. The van der Waals surface area contributed by atoms with Crippen LogP contribution in [0.4, 0.5) is 0 Å². The molecule has 1 aliphatic rings. The Morgan fingerprint density at radius 1 is 1.33 bits per heavy atom. The van der Waals surface area contributed by atoms with Crippen molar-refractivity contribution in [3.05, 3.63) is 45.4 Å². The van der Waals surface area contributed by atoms with Crippen molar-refractivity contribution in [3.8, 4) is 0 Å². The number of nitrogens with one attached hydrogen (secondary N) is 1. The molecule has 24 heavy (non-hydrogen) atoms. The van der Waals surface area contributed by atoms with Gasteiger partial charge in [0.15, 0.2) is 0 Å². The lowest BCUT2D eigenvalue weighted by Gasteiger charge is -2.33. The van der Waals surface area contributed by atoms with Crippen molar-refractivity contribution in [2.75, 3.05) is 19.0 Å². The van der Waals surface area contributed by atoms with Gasteiger partial charge in [0.25, 0.3) is 5.56 Å². The number of piperidine rings is 1. The molecule has 1 saturated heterocycles. The van der Waals surface area contributed by atoms with E-state index in [2.05, 4.69) is 17.1 Å². The van der Waals surface area contributed by atoms with Gasteiger partial charge >= 0.3 is 0 Å². The highest BCUT2D eigenvalue weighted by atomic mass is 35.5. The molecule has 0 aliphatic carbocycles. The van der Waals surface area contributed by atoms with E-state index < -0.39 is 0 Å². The van der Waals surface area contributed by atoms with E-state index in [0.29, 0.717) is 18.8 Å². The monoisotopic (exact) mass is 346 g/mol. The van der Waals surface area contributed by atoms with E-state index in [9.17, 15) is 9.59 Å². The zero-order valence-electron chi connectivity index (χ0n) is 14.2. The van der Waals surface area contributed by atoms with E-state index in [4.69, 9.17) is 11.6 Å². The lowest BCUT2D eigenvalue weighted by atomic mass is 9.92. The quantitative estimate of drug-likeness (QED) is 0.865. The first-order valence-corrected chi connectivity index (χ1v) is 9.01. The molecule has 0 saturated carbocycles. The fourth-order valence-electron chi connectivity index (χ4n) is 3.74. The highest BCUT2D eigenvalue weighted by Gasteiger charge is 2.25. The highest BCUT2D eigenvalue weighted by Crippen LogP contribution is 2.28. The molecule has 128 valence electrons. The van der Waals surface area contributed by atoms with Crippen LogP contribution in [0.25, 0.3) is 10.8 Å². The molecule has 1 atom stereocenters. The molecule has 1 aromatic heterocycles. The van der Waals surface area contributed by atoms with Gasteiger partial charge in [-0.1, -0.05) is 17.7 Å². The minimum Gasteiger partial charge on any atom is -0.342 e. The number of nitrogens with zero attached hydrogens (tertiary/aromatic N) is 1. The number of H-pyrrole nitrogens is 1. The summed E-state index contributed by atoms with van der Waals surface area (Å²) in [5, 5.41) is 1.74. The molecule has 2 aromatic rings. The van der Waals surface area contributed by atoms with Crippen LogP contribution in [0.5, 0.6) is 0 Å². The van der Waals surface area contributed by atoms with Gasteiger partial charge < -0.3 is 9.88 Å². The molecule has 3 rings (SSSR count). The van der Waals surface area contributed by atoms with Gasteiger partial charge in [0.1, 0.15) is 0 Å². The SMILES string of the molecule is Cc1cc(C)c2c(=O)[nH]c(C3CCCN(C(=O)CCCl)C3)cc2c1. The Bertz CT molecular complexity index is 828. The van der Waals surface area contributed by atoms with Crippen molar-refractivity contribution in [1.29, 1.82) is 0 Å². The molecule has 0 radical (unpaired) electrons. The molecular formula is C19H23ClN2O2. The first kappa shape index (κ1) is 17.0. The average molecular weight is 347 g/mol. The molecule has 0 spiro atoms. The summed E-state index contributed by atoms with van der Waals surface area (Å²) in [7, 11) is 0. The summed E-state index contributed by atoms with van der Waals surface area (Å²) < 4.78 is 0. The number of likely N-dealkylation sites (tertiary alicyclic amines) is 1. The van der Waals surface area contributed by atoms with Crippen molar-refractivity contribution in [2.45, 2.75) is 39.0 Å². The van der Waals surface area contributed by atoms with E-state index in [0.717, 1.165) is 47.0 Å². The number of hydrogen-bond donors (Lipinski definition) is 1. The predicted octanol–water partition coefficient (Wildman–Crippen LogP) is 3.48. The maximum Gasteiger partial charge on any atom is 0.256 e. The Morgan fingerprint density at radius 3 is 2.88 bits per heavy atom. The Labute approximate surface area is 146 Å². The number of halogens is 1. The molecule has 1 fully saturated rings. The van der Waals surface area contributed by atoms with Crippen molar-refractivity contribution in [2.24, 2.45) is 0 Å². The smallest absolute Gasteiger partial charge is 0.256 e. The van der Waals surface area contributed by atoms with Gasteiger partial charge in [-0.3, -0.25) is 9.59 Å². The number of alkyl halides is 1. The third-order valence-electron chi connectivity index (χ3n) is 4.83. The number of aromatic nitrogens is 1. The number of rotatable bonds is 3. The molecule has 1 N–H and O–H groups in total. The molecule has 1 unspecified atom stereocenters. The van der Waals surface area contributed by atoms with Crippen LogP contribution >= 0.6 is 11.6 Å². The Kier molecular flexibility index (Phi) is 4.95. The van der Waals surface area contributed by atoms with Crippen LogP contribution in [0.1, 0.15) is 42.0 Å². The van der Waals surface area contributed by atoms with Crippen molar-refractivity contribution in [3.63, 3.8) is 0 Å². The molecule has 5 heteroatoms. The van der Waals surface area contributed by atoms with E-state index in [1.54, 1.807) is 0 Å². The van der Waals surface area contributed by atoms with Crippen LogP contribution in [0, 0.1) is 13.8 Å². The Morgan fingerprint density at radius 2 is 2.12 bits per heavy atom. The van der Waals surface area contributed by atoms with Crippen LogP contribution in [0.2, 0.25) is 0 Å². The van der Waals surface area contributed by atoms with E-state index in [1.165, 1.54) is 0 Å². The Hall–Kier alpha value is -1.81. The third-order valence-corrected chi connectivity index (χ3v) is 5.02. The summed E-state index contributed by atoms with van der Waals surface area (Å²) in [5.41, 5.74) is 3.05. The second-order valence-corrected chi connectivity index (χ2v) is 7.10. The third kappa shape index (κ3) is 3.34. The lowest BCUT2D eigenvalue weighted by molar-refractivity contribution is -0.131. The van der Waals surface area contributed by atoms with Gasteiger partial charge in [0.05, 0.1) is 0 Å². The number of aryl methyl sites for hydroxylation is 2. The minimum absolute atomic E-state index is 0.0378. The number of carbonyl (C=O) groups is 1. The fraction of sp³-hybridized carbons (Fsp3) is 0.474. The van der Waals surface area contributed by atoms with Gasteiger partial charge in [-0.05, 0) is 43.7 Å². The van der Waals surface area contributed by atoms with Crippen LogP contribution in [0.15, 0.2) is 23.0 Å². The summed E-state index contributed by atoms with van der Waals surface area (Å²) >= 11 is 5.69. The number of benzene rings is 1. The van der Waals surface area contributed by atoms with E-state index in [1.807, 2.05) is 24.8 Å². The zero-order valence-corrected chi connectivity index (χ0v) is 14.9. The largest absolute Gasteiger partial charge is 0.342 e. The number of hydrogen-bond acceptors (Lipinski definition) is 2. The first-order chi connectivity index (χ1) is 11.5. The molecule has 4 nitrogen and oxygen atoms in total. The van der Waals surface area contributed by atoms with Crippen LogP contribution in [0.3, 0.4) is 0 Å². The maximum absolute atomic E-state index is 12.5. The van der Waals surface area contributed by atoms with Crippen molar-refractivity contribution >= 4 is 28.3 Å². The average Bonchev–Trinajstić information content (AvgIpc) is 2.54. The van der Waals surface area contributed by atoms with Gasteiger partial charge in [0, 0.05) is 42.4 Å². The minimum atomic E-state index is -0.0378. The second-order valence-electron chi connectivity index (χ2n) is 6.72. The summed E-state index contributed by atoms with van der Waals surface area (Å²) in [4.78, 5) is 29.6. The molecular weight excluding hydrogens is 324 g/mol. The number of pyridine rings is 1. The molecule has 1 amide bonds. The summed E-state index contributed by atoms with van der Waals surface area (Å²) in [6, 6.07) is 6.17. The van der Waals surface area contributed by atoms with Crippen molar-refractivity contribution < 1.29 is 4.79 Å². The van der Waals surface area contributed by atoms with Crippen LogP contribution in [-0.4, -0.2) is 34.8 Å². The van der Waals surface area contributed by atoms with Crippen LogP contribution in [-0.2, 0) is 4.79 Å². The number of aromatic amines is 1. The summed E-state index contributed by atoms with van der Waals surface area (Å²) in [5.74, 6) is 0.631. The van der Waals surface area contributed by atoms with E-state index in [-0.39, 0.29) is 17.4 Å². The number of carbonyl (C=O) groups excluding carboxylic acids is 1. The Balaban J connectivity index is 1.94. The molecule has 2 heterocycles. The second kappa shape index (κ2) is 6.98. The highest BCUT2D eigenvalue weighted by molar-refractivity contribution is 6.18. The molecule has 1 aromatic carbocycles. The zero-order chi connectivity index (χ0) is 17.3. The lowest BCUT2D eigenvalue weighted by Crippen LogP contribution is -2.39. The normalized spacial score (nSPS) is 18.1. The molecule has 1 aliphatic heterocycles. The predicted molar refractivity (Wildman–Crippen MR) is 97.9 cm³/mol. The number of fused-ring (bicyclic) bond motifs is 1. The maximum atomic E-state index is 12.5. The van der Waals surface area contributed by atoms with Gasteiger partial charge in [-0.2, -0.15) is 0 Å². The fourth-order valence-corrected chi connectivity index (χ4v) is 3.90. The summed E-state index contributed by atoms with van der Waals surface area (Å²) in [6.07, 6.45) is 2.31. The van der Waals surface area contributed by atoms with Gasteiger partial charge in [-0.15, -0.1) is 11.6 Å². The van der Waals surface area contributed by atoms with Gasteiger partial charge in [0.2, 0.25) is 5.91 Å². The van der Waals surface area contributed by atoms with Crippen LogP contribution < -0.4 is 5.56 Å². The van der Waals surface area contributed by atoms with E-state index >= 15 is 0 Å². The standard InChI is InChI=1S/C19H23ClN2O2/c1-12-8-13(2)18-15(9-12)10-16(21-19(18)24)14-4-3-7-22(11-14)17(23)5-6-20/h8-10,14H,3-7,11H2,1-2H3,(H,21,24). The van der Waals surface area contributed by atoms with Gasteiger partial charge in [-0.25, -0.2) is 0 Å². The van der Waals surface area contributed by atoms with Crippen molar-refractivity contribution in [1.82, 2.24) is 9.88 Å². The topological polar surface area (TPSA) is 53.2 Å². The summed E-state index contributed by atoms with van der Waals surface area (Å²) in [6.45, 7) is 5.45. The molecule has 0 bridgehead atoms.